The molecule has 0 amide bonds. The van der Waals surface area contributed by atoms with Crippen molar-refractivity contribution < 1.29 is 0 Å². The summed E-state index contributed by atoms with van der Waals surface area (Å²) in [6, 6.07) is 151. The summed E-state index contributed by atoms with van der Waals surface area (Å²) in [7, 11) is 0. The quantitative estimate of drug-likeness (QED) is 0.0989. The predicted molar refractivity (Wildman–Crippen MR) is 425 cm³/mol. The molecule has 0 saturated carbocycles. The number of rotatable bonds is 15. The third-order valence-electron chi connectivity index (χ3n) is 17.8. The van der Waals surface area contributed by atoms with Crippen LogP contribution in [0.25, 0.3) is 111 Å². The molecule has 0 aliphatic carbocycles. The summed E-state index contributed by atoms with van der Waals surface area (Å²) < 4.78 is 1.10. The SMILES string of the molecule is Brc1cc(-c2ccccc2)cc(-c2ccccc2)c1.c1ccc(-c2ccc(Cc3cc(-c4ccccc4)cc(-c4ccccc4)c3)cc2)cc1.c1ccc(-c2ccc(N(c3cc(-c4ccccc4)cc(-c4ccccc4)c3)c3cc(-c4ccccc4)cc(-c4ccccc4)c3)cc2)cc1. The van der Waals surface area contributed by atoms with Gasteiger partial charge < -0.3 is 4.90 Å². The van der Waals surface area contributed by atoms with Gasteiger partial charge in [-0.25, -0.2) is 0 Å². The van der Waals surface area contributed by atoms with Crippen molar-refractivity contribution in [1.82, 2.24) is 0 Å². The fourth-order valence-electron chi connectivity index (χ4n) is 12.8. The zero-order valence-electron chi connectivity index (χ0n) is 54.9. The predicted octanol–water partition coefficient (Wildman–Crippen LogP) is 27.6. The van der Waals surface area contributed by atoms with Crippen molar-refractivity contribution in [2.45, 2.75) is 6.42 Å². The van der Waals surface area contributed by atoms with Crippen LogP contribution in [0, 0.1) is 0 Å². The van der Waals surface area contributed by atoms with Crippen molar-refractivity contribution >= 4 is 33.0 Å². The van der Waals surface area contributed by atoms with Gasteiger partial charge in [0.25, 0.3) is 0 Å². The number of benzene rings is 16. The highest BCUT2D eigenvalue weighted by Crippen LogP contribution is 2.44. The molecule has 0 aliphatic rings. The minimum absolute atomic E-state index is 0.912. The van der Waals surface area contributed by atoms with Crippen molar-refractivity contribution in [3.05, 3.63) is 440 Å². The van der Waals surface area contributed by atoms with Gasteiger partial charge in [-0.2, -0.15) is 0 Å². The molecular formula is C97H72BrN. The second-order valence-electron chi connectivity index (χ2n) is 24.6. The summed E-state index contributed by atoms with van der Waals surface area (Å²) in [6.45, 7) is 0. The smallest absolute Gasteiger partial charge is 0.0473 e. The first-order valence-electron chi connectivity index (χ1n) is 33.7. The van der Waals surface area contributed by atoms with Crippen molar-refractivity contribution in [2.24, 2.45) is 0 Å². The molecule has 0 fully saturated rings. The maximum atomic E-state index is 3.61. The molecule has 0 bridgehead atoms. The van der Waals surface area contributed by atoms with Gasteiger partial charge >= 0.3 is 0 Å². The summed E-state index contributed by atoms with van der Waals surface area (Å²) >= 11 is 3.61. The number of halogens is 1. The van der Waals surface area contributed by atoms with Crippen LogP contribution in [0.5, 0.6) is 0 Å². The van der Waals surface area contributed by atoms with Crippen LogP contribution in [0.3, 0.4) is 0 Å². The average molecular weight is 1330 g/mol. The van der Waals surface area contributed by atoms with E-state index < -0.39 is 0 Å². The molecule has 99 heavy (non-hydrogen) atoms. The molecule has 16 aromatic rings. The molecule has 2 heteroatoms. The third-order valence-corrected chi connectivity index (χ3v) is 18.3. The molecular weight excluding hydrogens is 1260 g/mol. The van der Waals surface area contributed by atoms with E-state index in [-0.39, 0.29) is 0 Å². The van der Waals surface area contributed by atoms with Crippen molar-refractivity contribution in [3.8, 4) is 111 Å². The molecule has 0 atom stereocenters. The van der Waals surface area contributed by atoms with E-state index in [1.165, 1.54) is 122 Å². The van der Waals surface area contributed by atoms with E-state index in [1.807, 2.05) is 12.1 Å². The van der Waals surface area contributed by atoms with Gasteiger partial charge in [0.15, 0.2) is 0 Å². The molecule has 0 aliphatic heterocycles. The maximum Gasteiger partial charge on any atom is 0.0473 e. The molecule has 16 rings (SSSR count). The zero-order valence-corrected chi connectivity index (χ0v) is 56.5. The van der Waals surface area contributed by atoms with Crippen LogP contribution in [0.2, 0.25) is 0 Å². The Kier molecular flexibility index (Phi) is 20.5. The third kappa shape index (κ3) is 16.4. The van der Waals surface area contributed by atoms with Crippen LogP contribution in [0.15, 0.2) is 429 Å². The second kappa shape index (κ2) is 31.6. The van der Waals surface area contributed by atoms with Crippen LogP contribution in [0.1, 0.15) is 11.1 Å². The normalized spacial score (nSPS) is 10.7. The van der Waals surface area contributed by atoms with Crippen molar-refractivity contribution in [1.29, 1.82) is 0 Å². The molecule has 0 spiro atoms. The van der Waals surface area contributed by atoms with E-state index in [2.05, 4.69) is 433 Å². The Morgan fingerprint density at radius 2 is 0.343 bits per heavy atom. The van der Waals surface area contributed by atoms with Gasteiger partial charge in [-0.3, -0.25) is 0 Å². The fourth-order valence-corrected chi connectivity index (χ4v) is 13.3. The number of hydrogen-bond donors (Lipinski definition) is 0. The second-order valence-corrected chi connectivity index (χ2v) is 25.5. The molecule has 16 aromatic carbocycles. The first-order chi connectivity index (χ1) is 49.0. The highest BCUT2D eigenvalue weighted by molar-refractivity contribution is 9.10. The van der Waals surface area contributed by atoms with Gasteiger partial charge in [-0.15, -0.1) is 0 Å². The van der Waals surface area contributed by atoms with Crippen LogP contribution in [-0.2, 0) is 6.42 Å². The van der Waals surface area contributed by atoms with Gasteiger partial charge in [0.05, 0.1) is 0 Å². The van der Waals surface area contributed by atoms with Gasteiger partial charge in [0.2, 0.25) is 0 Å². The minimum Gasteiger partial charge on any atom is -0.310 e. The van der Waals surface area contributed by atoms with E-state index >= 15 is 0 Å². The van der Waals surface area contributed by atoms with Crippen LogP contribution < -0.4 is 4.90 Å². The Bertz CT molecular complexity index is 4830. The van der Waals surface area contributed by atoms with Gasteiger partial charge in [-0.1, -0.05) is 368 Å². The Labute approximate surface area is 591 Å². The van der Waals surface area contributed by atoms with Crippen molar-refractivity contribution in [2.75, 3.05) is 4.90 Å². The summed E-state index contributed by atoms with van der Waals surface area (Å²) in [4.78, 5) is 2.41. The lowest BCUT2D eigenvalue weighted by Gasteiger charge is -2.28. The molecule has 472 valence electrons. The van der Waals surface area contributed by atoms with Crippen LogP contribution >= 0.6 is 15.9 Å². The molecule has 0 heterocycles. The molecule has 0 N–H and O–H groups in total. The van der Waals surface area contributed by atoms with Crippen molar-refractivity contribution in [3.63, 3.8) is 0 Å². The Morgan fingerprint density at radius 3 is 0.586 bits per heavy atom. The molecule has 0 aromatic heterocycles. The number of anilines is 3. The van der Waals surface area contributed by atoms with Crippen LogP contribution in [0.4, 0.5) is 17.1 Å². The number of nitrogens with zero attached hydrogens (tertiary/aromatic N) is 1. The lowest BCUT2D eigenvalue weighted by atomic mass is 9.93. The lowest BCUT2D eigenvalue weighted by Crippen LogP contribution is -2.11. The molecule has 0 unspecified atom stereocenters. The maximum absolute atomic E-state index is 3.61. The Balaban J connectivity index is 0.000000142. The van der Waals surface area contributed by atoms with E-state index in [0.29, 0.717) is 0 Å². The first kappa shape index (κ1) is 64.2. The van der Waals surface area contributed by atoms with Crippen LogP contribution in [-0.4, -0.2) is 0 Å². The first-order valence-corrected chi connectivity index (χ1v) is 34.5. The largest absolute Gasteiger partial charge is 0.310 e. The standard InChI is InChI=1S/C48H35N.C31H24.C18H13Br/c1-6-16-36(17-7-1)41-26-28-46(29-27-41)49(47-32-42(37-18-8-2-9-19-37)30-43(33-47)38-20-10-3-11-21-38)48-34-44(39-22-12-4-13-23-39)31-45(35-48)40-24-14-5-15-25-40;1-4-10-26(11-5-1)29-18-16-24(17-19-29)20-25-21-30(27-12-6-2-7-13-27)23-31(22-25)28-14-8-3-9-15-28;19-18-12-16(14-7-3-1-4-8-14)11-17(13-18)15-9-5-2-6-10-15/h1-35H;1-19,21-23H,20H2;1-13H. The summed E-state index contributed by atoms with van der Waals surface area (Å²) in [5, 5.41) is 0. The number of hydrogen-bond acceptors (Lipinski definition) is 1. The summed E-state index contributed by atoms with van der Waals surface area (Å²) in [5.41, 5.74) is 30.2. The molecule has 1 nitrogen and oxygen atoms in total. The minimum atomic E-state index is 0.912. The van der Waals surface area contributed by atoms with Gasteiger partial charge in [0.1, 0.15) is 0 Å². The monoisotopic (exact) mass is 1330 g/mol. The Morgan fingerprint density at radius 1 is 0.152 bits per heavy atom. The molecule has 0 radical (unpaired) electrons. The van der Waals surface area contributed by atoms with E-state index in [4.69, 9.17) is 0 Å². The summed E-state index contributed by atoms with van der Waals surface area (Å²) in [6.07, 6.45) is 0.912. The topological polar surface area (TPSA) is 3.24 Å². The Hall–Kier alpha value is -12.2. The highest BCUT2D eigenvalue weighted by atomic mass is 79.9. The average Bonchev–Trinajstić information content (AvgIpc) is 0.842. The van der Waals surface area contributed by atoms with E-state index in [0.717, 1.165) is 28.0 Å². The van der Waals surface area contributed by atoms with E-state index in [1.54, 1.807) is 0 Å². The zero-order chi connectivity index (χ0) is 66.8. The lowest BCUT2D eigenvalue weighted by molar-refractivity contribution is 1.19. The van der Waals surface area contributed by atoms with E-state index in [9.17, 15) is 0 Å². The summed E-state index contributed by atoms with van der Waals surface area (Å²) in [5.74, 6) is 0. The molecule has 0 saturated heterocycles. The highest BCUT2D eigenvalue weighted by Gasteiger charge is 2.19. The fraction of sp³-hybridized carbons (Fsp3) is 0.0103. The van der Waals surface area contributed by atoms with Gasteiger partial charge in [0, 0.05) is 21.5 Å². The van der Waals surface area contributed by atoms with Gasteiger partial charge in [-0.05, 0) is 202 Å².